The highest BCUT2D eigenvalue weighted by Gasteiger charge is 2.15. The summed E-state index contributed by atoms with van der Waals surface area (Å²) in [6.07, 6.45) is 0. The number of H-pyrrole nitrogens is 2. The first-order valence-corrected chi connectivity index (χ1v) is 7.51. The zero-order valence-corrected chi connectivity index (χ0v) is 14.0. The van der Waals surface area contributed by atoms with E-state index in [0.29, 0.717) is 0 Å². The summed E-state index contributed by atoms with van der Waals surface area (Å²) < 4.78 is 6.18. The third-order valence-corrected chi connectivity index (χ3v) is 3.58. The van der Waals surface area contributed by atoms with Gasteiger partial charge in [-0.25, -0.2) is 9.89 Å². The van der Waals surface area contributed by atoms with E-state index in [0.717, 1.165) is 4.68 Å². The molecule has 12 heteroatoms. The van der Waals surface area contributed by atoms with Crippen LogP contribution >= 0.6 is 23.2 Å². The molecule has 2 aromatic heterocycles. The van der Waals surface area contributed by atoms with Gasteiger partial charge < -0.3 is 4.74 Å². The van der Waals surface area contributed by atoms with Crippen LogP contribution in [0.3, 0.4) is 0 Å². The molecule has 0 aliphatic carbocycles. The SMILES string of the molecule is N#Cc1nn(-c2cc(Cl)c(Oc3ccc(=O)[nH]n3)c(Cl)c2)c(=O)[nH]c1=O. The molecule has 3 aromatic rings. The van der Waals surface area contributed by atoms with Crippen LogP contribution in [0.15, 0.2) is 38.6 Å². The molecule has 0 aliphatic heterocycles. The number of nitrogens with zero attached hydrogens (tertiary/aromatic N) is 4. The summed E-state index contributed by atoms with van der Waals surface area (Å²) in [5, 5.41) is 18.4. The third kappa shape index (κ3) is 3.34. The van der Waals surface area contributed by atoms with Gasteiger partial charge in [-0.2, -0.15) is 9.94 Å². The van der Waals surface area contributed by atoms with Crippen molar-refractivity contribution in [2.75, 3.05) is 0 Å². The van der Waals surface area contributed by atoms with Gasteiger partial charge in [0.05, 0.1) is 15.7 Å². The lowest BCUT2D eigenvalue weighted by Gasteiger charge is -2.11. The Hall–Kier alpha value is -3.42. The van der Waals surface area contributed by atoms with Crippen molar-refractivity contribution in [1.29, 1.82) is 5.26 Å². The second kappa shape index (κ2) is 6.83. The maximum absolute atomic E-state index is 11.9. The Morgan fingerprint density at radius 3 is 2.42 bits per heavy atom. The molecule has 0 spiro atoms. The molecule has 1 aromatic carbocycles. The number of nitriles is 1. The van der Waals surface area contributed by atoms with Crippen LogP contribution in [0.4, 0.5) is 0 Å². The van der Waals surface area contributed by atoms with Crippen LogP contribution in [0.1, 0.15) is 5.69 Å². The standard InChI is InChI=1S/C14H6Cl2N6O4/c15-7-3-6(22-14(25)18-13(24)9(5-17)21-22)4-8(16)12(7)26-11-2-1-10(23)19-20-11/h1-4H,(H,19,23)(H,18,24,25). The molecule has 0 saturated carbocycles. The maximum Gasteiger partial charge on any atom is 0.349 e. The van der Waals surface area contributed by atoms with E-state index in [1.54, 1.807) is 6.07 Å². The Kier molecular flexibility index (Phi) is 4.57. The van der Waals surface area contributed by atoms with Crippen LogP contribution in [0, 0.1) is 11.3 Å². The molecule has 130 valence electrons. The summed E-state index contributed by atoms with van der Waals surface area (Å²) in [5.41, 5.74) is -2.61. The number of ether oxygens (including phenoxy) is 1. The highest BCUT2D eigenvalue weighted by molar-refractivity contribution is 6.37. The first-order valence-electron chi connectivity index (χ1n) is 6.76. The Morgan fingerprint density at radius 2 is 1.85 bits per heavy atom. The lowest BCUT2D eigenvalue weighted by molar-refractivity contribution is 0.454. The second-order valence-electron chi connectivity index (χ2n) is 4.73. The average molecular weight is 393 g/mol. The van der Waals surface area contributed by atoms with E-state index in [9.17, 15) is 14.4 Å². The van der Waals surface area contributed by atoms with Gasteiger partial charge in [0, 0.05) is 12.1 Å². The van der Waals surface area contributed by atoms with Crippen LogP contribution < -0.4 is 21.5 Å². The molecule has 0 fully saturated rings. The topological polar surface area (TPSA) is 147 Å². The second-order valence-corrected chi connectivity index (χ2v) is 5.55. The number of hydrogen-bond donors (Lipinski definition) is 2. The van der Waals surface area contributed by atoms with E-state index < -0.39 is 22.5 Å². The van der Waals surface area contributed by atoms with Crippen LogP contribution in [0.5, 0.6) is 11.6 Å². The van der Waals surface area contributed by atoms with Gasteiger partial charge in [0.25, 0.3) is 11.1 Å². The smallest absolute Gasteiger partial charge is 0.349 e. The molecule has 3 rings (SSSR count). The zero-order chi connectivity index (χ0) is 18.8. The number of rotatable bonds is 3. The highest BCUT2D eigenvalue weighted by Crippen LogP contribution is 2.37. The normalized spacial score (nSPS) is 10.3. The average Bonchev–Trinajstić information content (AvgIpc) is 2.60. The molecule has 0 bridgehead atoms. The highest BCUT2D eigenvalue weighted by atomic mass is 35.5. The minimum absolute atomic E-state index is 0.00101. The van der Waals surface area contributed by atoms with Crippen LogP contribution in [-0.2, 0) is 0 Å². The largest absolute Gasteiger partial charge is 0.434 e. The van der Waals surface area contributed by atoms with Gasteiger partial charge in [-0.15, -0.1) is 10.2 Å². The summed E-state index contributed by atoms with van der Waals surface area (Å²) >= 11 is 12.3. The molecule has 0 radical (unpaired) electrons. The van der Waals surface area contributed by atoms with Gasteiger partial charge in [-0.1, -0.05) is 23.2 Å². The number of hydrogen-bond acceptors (Lipinski definition) is 7. The van der Waals surface area contributed by atoms with Crippen molar-refractivity contribution in [3.05, 3.63) is 71.2 Å². The molecule has 0 atom stereocenters. The predicted octanol–water partition coefficient (Wildman–Crippen LogP) is 0.975. The summed E-state index contributed by atoms with van der Waals surface area (Å²) in [7, 11) is 0. The van der Waals surface area contributed by atoms with Gasteiger partial charge >= 0.3 is 5.69 Å². The summed E-state index contributed by atoms with van der Waals surface area (Å²) in [5.74, 6) is 0.0573. The first-order chi connectivity index (χ1) is 12.4. The van der Waals surface area contributed by atoms with Crippen molar-refractivity contribution in [2.24, 2.45) is 0 Å². The summed E-state index contributed by atoms with van der Waals surface area (Å²) in [6, 6.07) is 6.67. The van der Waals surface area contributed by atoms with Gasteiger partial charge in [0.2, 0.25) is 11.6 Å². The van der Waals surface area contributed by atoms with Gasteiger partial charge in [-0.3, -0.25) is 14.6 Å². The van der Waals surface area contributed by atoms with E-state index in [-0.39, 0.29) is 27.4 Å². The molecule has 10 nitrogen and oxygen atoms in total. The fraction of sp³-hybridized carbons (Fsp3) is 0. The lowest BCUT2D eigenvalue weighted by Crippen LogP contribution is -2.33. The van der Waals surface area contributed by atoms with Gasteiger partial charge in [-0.05, 0) is 12.1 Å². The van der Waals surface area contributed by atoms with E-state index >= 15 is 0 Å². The van der Waals surface area contributed by atoms with Gasteiger partial charge in [0.15, 0.2) is 5.75 Å². The number of benzene rings is 1. The van der Waals surface area contributed by atoms with Crippen LogP contribution in [-0.4, -0.2) is 25.0 Å². The monoisotopic (exact) mass is 392 g/mol. The van der Waals surface area contributed by atoms with E-state index in [1.165, 1.54) is 24.3 Å². The Bertz CT molecular complexity index is 1180. The minimum Gasteiger partial charge on any atom is -0.434 e. The number of aromatic amines is 2. The fourth-order valence-corrected chi connectivity index (χ4v) is 2.46. The summed E-state index contributed by atoms with van der Waals surface area (Å²) in [4.78, 5) is 36.3. The van der Waals surface area contributed by atoms with Crippen molar-refractivity contribution in [2.45, 2.75) is 0 Å². The number of nitrogens with one attached hydrogen (secondary N) is 2. The third-order valence-electron chi connectivity index (χ3n) is 3.02. The molecular formula is C14H6Cl2N6O4. The van der Waals surface area contributed by atoms with Crippen molar-refractivity contribution in [3.63, 3.8) is 0 Å². The fourth-order valence-electron chi connectivity index (χ4n) is 1.91. The lowest BCUT2D eigenvalue weighted by atomic mass is 10.3. The molecule has 0 aliphatic rings. The molecule has 0 unspecified atom stereocenters. The Labute approximate surface area is 153 Å². The van der Waals surface area contributed by atoms with E-state index in [4.69, 9.17) is 33.2 Å². The molecule has 26 heavy (non-hydrogen) atoms. The van der Waals surface area contributed by atoms with Crippen molar-refractivity contribution in [3.8, 4) is 23.4 Å². The molecule has 2 N–H and O–H groups in total. The predicted molar refractivity (Wildman–Crippen MR) is 90.1 cm³/mol. The van der Waals surface area contributed by atoms with E-state index in [2.05, 4.69) is 15.3 Å². The zero-order valence-electron chi connectivity index (χ0n) is 12.5. The van der Waals surface area contributed by atoms with E-state index in [1.807, 2.05) is 4.98 Å². The quantitative estimate of drug-likeness (QED) is 0.674. The Balaban J connectivity index is 2.07. The molecule has 0 saturated heterocycles. The number of halogens is 2. The molecule has 2 heterocycles. The molecular weight excluding hydrogens is 387 g/mol. The number of aromatic nitrogens is 5. The van der Waals surface area contributed by atoms with Crippen molar-refractivity contribution in [1.82, 2.24) is 25.0 Å². The van der Waals surface area contributed by atoms with Crippen molar-refractivity contribution < 1.29 is 4.74 Å². The van der Waals surface area contributed by atoms with Gasteiger partial charge in [0.1, 0.15) is 6.07 Å². The van der Waals surface area contributed by atoms with Crippen molar-refractivity contribution >= 4 is 23.2 Å². The van der Waals surface area contributed by atoms with Crippen LogP contribution in [0.2, 0.25) is 10.0 Å². The maximum atomic E-state index is 11.9. The molecule has 0 amide bonds. The van der Waals surface area contributed by atoms with Crippen LogP contribution in [0.25, 0.3) is 5.69 Å². The minimum atomic E-state index is -0.907. The Morgan fingerprint density at radius 1 is 1.15 bits per heavy atom. The first kappa shape index (κ1) is 17.4. The summed E-state index contributed by atoms with van der Waals surface area (Å²) in [6.45, 7) is 0.